The normalized spacial score (nSPS) is 12.7. The summed E-state index contributed by atoms with van der Waals surface area (Å²) in [6, 6.07) is 8.69. The van der Waals surface area contributed by atoms with Gasteiger partial charge in [0.25, 0.3) is 0 Å². The van der Waals surface area contributed by atoms with Crippen LogP contribution in [0.4, 0.5) is 13.2 Å². The summed E-state index contributed by atoms with van der Waals surface area (Å²) in [6.45, 7) is 4.66. The quantitative estimate of drug-likeness (QED) is 0.705. The van der Waals surface area contributed by atoms with E-state index >= 15 is 0 Å². The zero-order chi connectivity index (χ0) is 16.1. The maximum atomic E-state index is 12.6. The van der Waals surface area contributed by atoms with Crippen molar-refractivity contribution in [2.75, 3.05) is 19.6 Å². The van der Waals surface area contributed by atoms with Gasteiger partial charge in [-0.05, 0) is 13.0 Å². The fourth-order valence-corrected chi connectivity index (χ4v) is 2.39. The molecular weight excluding hydrogens is 279 g/mol. The minimum atomic E-state index is -4.25. The SMILES string of the molecule is CCCN(CC(F)(F)F)CC(C)(C)C(=O)c1ccccc1. The molecule has 0 aliphatic rings. The Balaban J connectivity index is 2.82. The Labute approximate surface area is 123 Å². The van der Waals surface area contributed by atoms with Gasteiger partial charge in [0.2, 0.25) is 0 Å². The van der Waals surface area contributed by atoms with E-state index in [1.165, 1.54) is 4.90 Å². The first-order valence-electron chi connectivity index (χ1n) is 7.04. The highest BCUT2D eigenvalue weighted by atomic mass is 19.4. The summed E-state index contributed by atoms with van der Waals surface area (Å²) >= 11 is 0. The van der Waals surface area contributed by atoms with Crippen molar-refractivity contribution in [1.82, 2.24) is 4.90 Å². The lowest BCUT2D eigenvalue weighted by Gasteiger charge is -2.32. The molecule has 0 unspecified atom stereocenters. The Hall–Kier alpha value is -1.36. The van der Waals surface area contributed by atoms with Crippen LogP contribution in [0, 0.1) is 5.41 Å². The van der Waals surface area contributed by atoms with Gasteiger partial charge < -0.3 is 0 Å². The Kier molecular flexibility index (Phi) is 5.96. The van der Waals surface area contributed by atoms with Gasteiger partial charge >= 0.3 is 6.18 Å². The molecule has 0 atom stereocenters. The first-order chi connectivity index (χ1) is 9.65. The van der Waals surface area contributed by atoms with Crippen LogP contribution in [0.15, 0.2) is 30.3 Å². The van der Waals surface area contributed by atoms with Gasteiger partial charge in [-0.3, -0.25) is 9.69 Å². The smallest absolute Gasteiger partial charge is 0.294 e. The number of halogens is 3. The molecule has 0 N–H and O–H groups in total. The third-order valence-electron chi connectivity index (χ3n) is 3.21. The molecule has 0 amide bonds. The standard InChI is InChI=1S/C16H22F3NO/c1-4-10-20(12-16(17,18)19)11-15(2,3)14(21)13-8-6-5-7-9-13/h5-9H,4,10-12H2,1-3H3. The average Bonchev–Trinajstić information content (AvgIpc) is 2.36. The number of ketones is 1. The molecular formula is C16H22F3NO. The Bertz CT molecular complexity index is 454. The number of rotatable bonds is 7. The second-order valence-corrected chi connectivity index (χ2v) is 5.90. The van der Waals surface area contributed by atoms with Crippen LogP contribution in [-0.2, 0) is 0 Å². The van der Waals surface area contributed by atoms with E-state index in [1.54, 1.807) is 44.2 Å². The van der Waals surface area contributed by atoms with Crippen molar-refractivity contribution in [3.8, 4) is 0 Å². The Morgan fingerprint density at radius 1 is 1.10 bits per heavy atom. The predicted octanol–water partition coefficient (Wildman–Crippen LogP) is 4.17. The van der Waals surface area contributed by atoms with Crippen molar-refractivity contribution < 1.29 is 18.0 Å². The molecule has 21 heavy (non-hydrogen) atoms. The molecule has 5 heteroatoms. The monoisotopic (exact) mass is 301 g/mol. The highest BCUT2D eigenvalue weighted by Crippen LogP contribution is 2.25. The second kappa shape index (κ2) is 7.07. The van der Waals surface area contributed by atoms with Gasteiger partial charge in [-0.15, -0.1) is 0 Å². The minimum absolute atomic E-state index is 0.0913. The second-order valence-electron chi connectivity index (χ2n) is 5.90. The van der Waals surface area contributed by atoms with Crippen molar-refractivity contribution in [2.24, 2.45) is 5.41 Å². The lowest BCUT2D eigenvalue weighted by Crippen LogP contribution is -2.43. The van der Waals surface area contributed by atoms with E-state index in [1.807, 2.05) is 6.92 Å². The molecule has 0 heterocycles. The molecule has 2 nitrogen and oxygen atoms in total. The summed E-state index contributed by atoms with van der Waals surface area (Å²) in [6.07, 6.45) is -3.63. The lowest BCUT2D eigenvalue weighted by atomic mass is 9.83. The summed E-state index contributed by atoms with van der Waals surface area (Å²) in [5.41, 5.74) is -0.326. The van der Waals surface area contributed by atoms with Crippen LogP contribution >= 0.6 is 0 Å². The largest absolute Gasteiger partial charge is 0.401 e. The topological polar surface area (TPSA) is 20.3 Å². The molecule has 1 aromatic rings. The maximum Gasteiger partial charge on any atom is 0.401 e. The number of alkyl halides is 3. The first kappa shape index (κ1) is 17.7. The van der Waals surface area contributed by atoms with E-state index < -0.39 is 18.1 Å². The first-order valence-corrected chi connectivity index (χ1v) is 7.04. The highest BCUT2D eigenvalue weighted by molar-refractivity contribution is 6.00. The number of hydrogen-bond acceptors (Lipinski definition) is 2. The molecule has 0 spiro atoms. The molecule has 0 aromatic heterocycles. The molecule has 0 bridgehead atoms. The fraction of sp³-hybridized carbons (Fsp3) is 0.562. The zero-order valence-electron chi connectivity index (χ0n) is 12.7. The van der Waals surface area contributed by atoms with Crippen LogP contribution in [0.3, 0.4) is 0 Å². The van der Waals surface area contributed by atoms with Gasteiger partial charge in [-0.1, -0.05) is 51.1 Å². The molecule has 0 saturated heterocycles. The predicted molar refractivity (Wildman–Crippen MR) is 77.3 cm³/mol. The van der Waals surface area contributed by atoms with E-state index in [0.29, 0.717) is 18.5 Å². The summed E-state index contributed by atoms with van der Waals surface area (Å²) in [7, 11) is 0. The molecule has 1 aromatic carbocycles. The maximum absolute atomic E-state index is 12.6. The van der Waals surface area contributed by atoms with E-state index in [9.17, 15) is 18.0 Å². The Morgan fingerprint density at radius 2 is 1.67 bits per heavy atom. The van der Waals surface area contributed by atoms with Gasteiger partial charge in [-0.25, -0.2) is 0 Å². The van der Waals surface area contributed by atoms with Crippen LogP contribution < -0.4 is 0 Å². The molecule has 118 valence electrons. The van der Waals surface area contributed by atoms with Crippen LogP contribution in [0.25, 0.3) is 0 Å². The summed E-state index contributed by atoms with van der Waals surface area (Å²) in [5, 5.41) is 0. The Morgan fingerprint density at radius 3 is 2.14 bits per heavy atom. The van der Waals surface area contributed by atoms with Crippen LogP contribution in [0.2, 0.25) is 0 Å². The summed E-state index contributed by atoms with van der Waals surface area (Å²) < 4.78 is 37.8. The van der Waals surface area contributed by atoms with E-state index in [4.69, 9.17) is 0 Å². The van der Waals surface area contributed by atoms with E-state index in [2.05, 4.69) is 0 Å². The van der Waals surface area contributed by atoms with Crippen molar-refractivity contribution in [3.05, 3.63) is 35.9 Å². The summed E-state index contributed by atoms with van der Waals surface area (Å²) in [4.78, 5) is 13.8. The van der Waals surface area contributed by atoms with Crippen molar-refractivity contribution in [2.45, 2.75) is 33.4 Å². The van der Waals surface area contributed by atoms with Crippen molar-refractivity contribution in [1.29, 1.82) is 0 Å². The van der Waals surface area contributed by atoms with E-state index in [-0.39, 0.29) is 12.3 Å². The molecule has 0 radical (unpaired) electrons. The highest BCUT2D eigenvalue weighted by Gasteiger charge is 2.36. The van der Waals surface area contributed by atoms with Gasteiger partial charge in [-0.2, -0.15) is 13.2 Å². The number of hydrogen-bond donors (Lipinski definition) is 0. The lowest BCUT2D eigenvalue weighted by molar-refractivity contribution is -0.147. The molecule has 0 saturated carbocycles. The van der Waals surface area contributed by atoms with Crippen LogP contribution in [0.5, 0.6) is 0 Å². The third-order valence-corrected chi connectivity index (χ3v) is 3.21. The number of carbonyl (C=O) groups excluding carboxylic acids is 1. The molecule has 1 rings (SSSR count). The van der Waals surface area contributed by atoms with Gasteiger partial charge in [0.05, 0.1) is 6.54 Å². The van der Waals surface area contributed by atoms with Crippen molar-refractivity contribution in [3.63, 3.8) is 0 Å². The number of Topliss-reactive ketones (excluding diaryl/α,β-unsaturated/α-hetero) is 1. The number of carbonyl (C=O) groups is 1. The van der Waals surface area contributed by atoms with Gasteiger partial charge in [0.1, 0.15) is 0 Å². The van der Waals surface area contributed by atoms with Crippen LogP contribution in [-0.4, -0.2) is 36.5 Å². The van der Waals surface area contributed by atoms with Gasteiger partial charge in [0.15, 0.2) is 5.78 Å². The number of nitrogens with zero attached hydrogens (tertiary/aromatic N) is 1. The summed E-state index contributed by atoms with van der Waals surface area (Å²) in [5.74, 6) is -0.133. The fourth-order valence-electron chi connectivity index (χ4n) is 2.39. The van der Waals surface area contributed by atoms with Crippen LogP contribution in [0.1, 0.15) is 37.6 Å². The van der Waals surface area contributed by atoms with Gasteiger partial charge in [0, 0.05) is 17.5 Å². The average molecular weight is 301 g/mol. The minimum Gasteiger partial charge on any atom is -0.294 e. The number of benzene rings is 1. The van der Waals surface area contributed by atoms with E-state index in [0.717, 1.165) is 0 Å². The third kappa shape index (κ3) is 5.87. The zero-order valence-corrected chi connectivity index (χ0v) is 12.7. The molecule has 0 aliphatic carbocycles. The molecule has 0 fully saturated rings. The van der Waals surface area contributed by atoms with Crippen molar-refractivity contribution >= 4 is 5.78 Å². The molecule has 0 aliphatic heterocycles.